The zero-order valence-electron chi connectivity index (χ0n) is 12.4. The molecule has 1 aliphatic rings. The largest absolute Gasteiger partial charge is 0.497 e. The first-order valence-electron chi connectivity index (χ1n) is 7.27. The molecule has 0 radical (unpaired) electrons. The van der Waals surface area contributed by atoms with Crippen LogP contribution in [0.4, 0.5) is 0 Å². The maximum Gasteiger partial charge on any atom is 0.119 e. The Morgan fingerprint density at radius 3 is 2.00 bits per heavy atom. The Hall–Kier alpha value is -2.00. The van der Waals surface area contributed by atoms with Crippen LogP contribution in [0.5, 0.6) is 11.5 Å². The van der Waals surface area contributed by atoms with E-state index in [-0.39, 0.29) is 6.10 Å². The van der Waals surface area contributed by atoms with Gasteiger partial charge in [0.2, 0.25) is 0 Å². The minimum atomic E-state index is 0.185. The molecule has 2 aromatic rings. The first-order valence-corrected chi connectivity index (χ1v) is 7.27. The number of benzene rings is 2. The molecule has 0 amide bonds. The summed E-state index contributed by atoms with van der Waals surface area (Å²) in [6.07, 6.45) is 1.54. The van der Waals surface area contributed by atoms with Crippen molar-refractivity contribution in [3.8, 4) is 22.6 Å². The van der Waals surface area contributed by atoms with Gasteiger partial charge in [0.15, 0.2) is 0 Å². The molecule has 0 aliphatic carbocycles. The van der Waals surface area contributed by atoms with Crippen LogP contribution in [0.3, 0.4) is 0 Å². The second-order valence-electron chi connectivity index (χ2n) is 5.37. The Labute approximate surface area is 125 Å². The highest BCUT2D eigenvalue weighted by molar-refractivity contribution is 5.64. The van der Waals surface area contributed by atoms with Crippen molar-refractivity contribution in [1.82, 2.24) is 0 Å². The number of epoxide rings is 1. The van der Waals surface area contributed by atoms with E-state index in [9.17, 15) is 0 Å². The number of methoxy groups -OCH3 is 1. The zero-order valence-corrected chi connectivity index (χ0v) is 12.4. The maximum atomic E-state index is 5.89. The summed E-state index contributed by atoms with van der Waals surface area (Å²) >= 11 is 0. The lowest BCUT2D eigenvalue weighted by Crippen LogP contribution is -2.14. The number of hydrogen-bond acceptors (Lipinski definition) is 3. The summed E-state index contributed by atoms with van der Waals surface area (Å²) < 4.78 is 16.3. The summed E-state index contributed by atoms with van der Waals surface area (Å²) in [6.45, 7) is 2.96. The second-order valence-corrected chi connectivity index (χ2v) is 5.37. The van der Waals surface area contributed by atoms with Crippen molar-refractivity contribution in [3.63, 3.8) is 0 Å². The smallest absolute Gasteiger partial charge is 0.119 e. The summed E-state index contributed by atoms with van der Waals surface area (Å²) in [7, 11) is 1.68. The van der Waals surface area contributed by atoms with Gasteiger partial charge in [0, 0.05) is 6.42 Å². The molecule has 0 saturated carbocycles. The maximum absolute atomic E-state index is 5.89. The molecule has 3 heteroatoms. The third-order valence-corrected chi connectivity index (χ3v) is 3.61. The highest BCUT2D eigenvalue weighted by atomic mass is 16.6. The second kappa shape index (κ2) is 6.19. The Morgan fingerprint density at radius 1 is 1.00 bits per heavy atom. The van der Waals surface area contributed by atoms with E-state index in [2.05, 4.69) is 31.2 Å². The predicted octanol–water partition coefficient (Wildman–Crippen LogP) is 3.92. The van der Waals surface area contributed by atoms with E-state index < -0.39 is 0 Å². The fourth-order valence-electron chi connectivity index (χ4n) is 2.36. The molecule has 1 saturated heterocycles. The van der Waals surface area contributed by atoms with E-state index in [1.54, 1.807) is 7.11 Å². The third kappa shape index (κ3) is 3.76. The summed E-state index contributed by atoms with van der Waals surface area (Å²) in [5.74, 6) is 1.77. The summed E-state index contributed by atoms with van der Waals surface area (Å²) in [5, 5.41) is 0. The van der Waals surface area contributed by atoms with Crippen LogP contribution in [0, 0.1) is 0 Å². The Kier molecular flexibility index (Phi) is 4.11. The summed E-state index contributed by atoms with van der Waals surface area (Å²) in [4.78, 5) is 0. The van der Waals surface area contributed by atoms with Crippen molar-refractivity contribution in [2.75, 3.05) is 13.7 Å². The minimum absolute atomic E-state index is 0.185. The van der Waals surface area contributed by atoms with Crippen molar-refractivity contribution >= 4 is 0 Å². The lowest BCUT2D eigenvalue weighted by Gasteiger charge is -2.14. The van der Waals surface area contributed by atoms with Crippen molar-refractivity contribution in [2.24, 2.45) is 0 Å². The third-order valence-electron chi connectivity index (χ3n) is 3.61. The minimum Gasteiger partial charge on any atom is -0.497 e. The Morgan fingerprint density at radius 2 is 1.52 bits per heavy atom. The van der Waals surface area contributed by atoms with Gasteiger partial charge in [-0.1, -0.05) is 24.3 Å². The first-order chi connectivity index (χ1) is 10.2. The van der Waals surface area contributed by atoms with E-state index in [0.717, 1.165) is 24.5 Å². The first kappa shape index (κ1) is 14.0. The molecule has 21 heavy (non-hydrogen) atoms. The standard InChI is InChI=1S/C18H20O3/c1-13(11-18-12-20-18)21-17-9-5-15(6-10-17)14-3-7-16(19-2)8-4-14/h3-10,13,18H,11-12H2,1-2H3. The average molecular weight is 284 g/mol. The Balaban J connectivity index is 1.64. The van der Waals surface area contributed by atoms with E-state index in [1.807, 2.05) is 24.3 Å². The van der Waals surface area contributed by atoms with Crippen molar-refractivity contribution in [1.29, 1.82) is 0 Å². The molecule has 1 heterocycles. The molecule has 110 valence electrons. The number of hydrogen-bond donors (Lipinski definition) is 0. The van der Waals surface area contributed by atoms with Crippen molar-refractivity contribution < 1.29 is 14.2 Å². The van der Waals surface area contributed by atoms with Gasteiger partial charge in [-0.25, -0.2) is 0 Å². The predicted molar refractivity (Wildman–Crippen MR) is 82.9 cm³/mol. The highest BCUT2D eigenvalue weighted by Gasteiger charge is 2.25. The molecule has 2 atom stereocenters. The van der Waals surface area contributed by atoms with Crippen LogP contribution >= 0.6 is 0 Å². The fourth-order valence-corrected chi connectivity index (χ4v) is 2.36. The van der Waals surface area contributed by atoms with E-state index in [0.29, 0.717) is 6.10 Å². The van der Waals surface area contributed by atoms with Crippen LogP contribution in [0.25, 0.3) is 11.1 Å². The van der Waals surface area contributed by atoms with Gasteiger partial charge in [0.25, 0.3) is 0 Å². The van der Waals surface area contributed by atoms with Gasteiger partial charge in [-0.05, 0) is 42.3 Å². The van der Waals surface area contributed by atoms with Crippen LogP contribution in [0.15, 0.2) is 48.5 Å². The average Bonchev–Trinajstić information content (AvgIpc) is 3.32. The lowest BCUT2D eigenvalue weighted by molar-refractivity contribution is 0.195. The van der Waals surface area contributed by atoms with E-state index in [1.165, 1.54) is 11.1 Å². The van der Waals surface area contributed by atoms with Gasteiger partial charge >= 0.3 is 0 Å². The molecule has 3 rings (SSSR count). The molecule has 2 unspecified atom stereocenters. The normalized spacial score (nSPS) is 18.1. The highest BCUT2D eigenvalue weighted by Crippen LogP contribution is 2.26. The molecule has 1 aliphatic heterocycles. The topological polar surface area (TPSA) is 31.0 Å². The van der Waals surface area contributed by atoms with Crippen LogP contribution < -0.4 is 9.47 Å². The number of rotatable bonds is 6. The quantitative estimate of drug-likeness (QED) is 0.753. The fraction of sp³-hybridized carbons (Fsp3) is 0.333. The number of ether oxygens (including phenoxy) is 3. The molecular weight excluding hydrogens is 264 g/mol. The van der Waals surface area contributed by atoms with Crippen LogP contribution in [-0.4, -0.2) is 25.9 Å². The van der Waals surface area contributed by atoms with E-state index >= 15 is 0 Å². The zero-order chi connectivity index (χ0) is 14.7. The molecule has 2 aromatic carbocycles. The van der Waals surface area contributed by atoms with Gasteiger partial charge in [0.1, 0.15) is 11.5 Å². The summed E-state index contributed by atoms with van der Waals surface area (Å²) in [6, 6.07) is 16.3. The van der Waals surface area contributed by atoms with Crippen LogP contribution in [0.1, 0.15) is 13.3 Å². The lowest BCUT2D eigenvalue weighted by atomic mass is 10.1. The van der Waals surface area contributed by atoms with Gasteiger partial charge in [0.05, 0.1) is 25.9 Å². The van der Waals surface area contributed by atoms with Gasteiger partial charge in [-0.3, -0.25) is 0 Å². The molecule has 0 aromatic heterocycles. The summed E-state index contributed by atoms with van der Waals surface area (Å²) in [5.41, 5.74) is 2.34. The monoisotopic (exact) mass is 284 g/mol. The Bertz CT molecular complexity index is 570. The molecule has 0 bridgehead atoms. The molecule has 3 nitrogen and oxygen atoms in total. The molecular formula is C18H20O3. The van der Waals surface area contributed by atoms with Crippen LogP contribution in [-0.2, 0) is 4.74 Å². The van der Waals surface area contributed by atoms with Gasteiger partial charge in [-0.2, -0.15) is 0 Å². The van der Waals surface area contributed by atoms with E-state index in [4.69, 9.17) is 14.2 Å². The van der Waals surface area contributed by atoms with Gasteiger partial charge in [-0.15, -0.1) is 0 Å². The van der Waals surface area contributed by atoms with Crippen molar-refractivity contribution in [3.05, 3.63) is 48.5 Å². The molecule has 0 spiro atoms. The van der Waals surface area contributed by atoms with Crippen LogP contribution in [0.2, 0.25) is 0 Å². The van der Waals surface area contributed by atoms with Crippen molar-refractivity contribution in [2.45, 2.75) is 25.6 Å². The van der Waals surface area contributed by atoms with Gasteiger partial charge < -0.3 is 14.2 Å². The SMILES string of the molecule is COc1ccc(-c2ccc(OC(C)CC3CO3)cc2)cc1. The molecule has 0 N–H and O–H groups in total. The molecule has 1 fully saturated rings.